The van der Waals surface area contributed by atoms with Crippen LogP contribution in [0.1, 0.15) is 19.4 Å². The summed E-state index contributed by atoms with van der Waals surface area (Å²) in [7, 11) is 0. The molecule has 7 heteroatoms. The third kappa shape index (κ3) is 2.38. The average Bonchev–Trinajstić information content (AvgIpc) is 2.63. The van der Waals surface area contributed by atoms with E-state index >= 15 is 0 Å². The zero-order chi connectivity index (χ0) is 19.3. The maximum atomic E-state index is 14.9. The Balaban J connectivity index is 2.46. The smallest absolute Gasteiger partial charge is 0.200 e. The van der Waals surface area contributed by atoms with Crippen molar-refractivity contribution >= 4 is 22.8 Å². The Labute approximate surface area is 143 Å². The molecule has 0 aliphatic heterocycles. The molecule has 0 atom stereocenters. The van der Waals surface area contributed by atoms with E-state index in [0.29, 0.717) is 10.4 Å². The van der Waals surface area contributed by atoms with Crippen LogP contribution in [0, 0.1) is 29.1 Å². The number of ketones is 1. The zero-order valence-corrected chi connectivity index (χ0v) is 13.5. The molecule has 0 radical (unpaired) electrons. The number of hydrogen-bond donors (Lipinski definition) is 0. The predicted octanol–water partition coefficient (Wildman–Crippen LogP) is 3.69. The van der Waals surface area contributed by atoms with E-state index in [1.807, 2.05) is 0 Å². The van der Waals surface area contributed by atoms with E-state index in [1.165, 1.54) is 13.8 Å². The number of Topliss-reactive ketones (excluding diaryl/α,β-unsaturated/α-hetero) is 1. The highest BCUT2D eigenvalue weighted by molar-refractivity contribution is 6.32. The van der Waals surface area contributed by atoms with Gasteiger partial charge in [0.05, 0.1) is 11.1 Å². The molecule has 0 saturated heterocycles. The minimum atomic E-state index is -2.40. The van der Waals surface area contributed by atoms with Crippen molar-refractivity contribution in [1.29, 1.82) is 0 Å². The number of carbonyl (C=O) groups is 1. The van der Waals surface area contributed by atoms with E-state index < -0.39 is 51.8 Å². The fourth-order valence-corrected chi connectivity index (χ4v) is 2.94. The minimum absolute atomic E-state index is 0.0395. The zero-order valence-electron chi connectivity index (χ0n) is 13.5. The van der Waals surface area contributed by atoms with Crippen LogP contribution in [0.25, 0.3) is 17.0 Å². The summed E-state index contributed by atoms with van der Waals surface area (Å²) in [6, 6.07) is 6.43. The summed E-state index contributed by atoms with van der Waals surface area (Å²) in [5.74, 6) is -14.3. The van der Waals surface area contributed by atoms with Gasteiger partial charge in [0, 0.05) is 5.57 Å². The number of halogens is 6. The molecular formula is C19H10F6O. The molecule has 134 valence electrons. The predicted molar refractivity (Wildman–Crippen MR) is 83.1 cm³/mol. The molecule has 0 fully saturated rings. The van der Waals surface area contributed by atoms with Gasteiger partial charge in [-0.2, -0.15) is 0 Å². The second kappa shape index (κ2) is 6.16. The number of hydrogen-bond acceptors (Lipinski definition) is 1. The van der Waals surface area contributed by atoms with E-state index in [2.05, 4.69) is 0 Å². The number of fused-ring (bicyclic) bond motifs is 1. The Morgan fingerprint density at radius 1 is 0.731 bits per heavy atom. The van der Waals surface area contributed by atoms with Crippen LogP contribution < -0.4 is 10.4 Å². The fourth-order valence-electron chi connectivity index (χ4n) is 2.94. The molecule has 0 unspecified atom stereocenters. The van der Waals surface area contributed by atoms with Crippen molar-refractivity contribution in [1.82, 2.24) is 0 Å². The third-order valence-electron chi connectivity index (χ3n) is 4.33. The quantitative estimate of drug-likeness (QED) is 0.325. The van der Waals surface area contributed by atoms with Crippen molar-refractivity contribution in [2.45, 2.75) is 13.8 Å². The van der Waals surface area contributed by atoms with Crippen molar-refractivity contribution in [2.24, 2.45) is 0 Å². The molecule has 3 rings (SSSR count). The Hall–Kier alpha value is -2.83. The maximum absolute atomic E-state index is 14.9. The average molecular weight is 368 g/mol. The molecule has 0 N–H and O–H groups in total. The first-order valence-corrected chi connectivity index (χ1v) is 7.42. The molecule has 0 bridgehead atoms. The fraction of sp³-hybridized carbons (Fsp3) is 0.105. The number of rotatable bonds is 1. The second-order valence-electron chi connectivity index (χ2n) is 5.76. The van der Waals surface area contributed by atoms with E-state index in [0.717, 1.165) is 0 Å². The van der Waals surface area contributed by atoms with Gasteiger partial charge in [-0.15, -0.1) is 0 Å². The number of benzene rings is 2. The molecule has 0 saturated carbocycles. The van der Waals surface area contributed by atoms with E-state index in [1.54, 1.807) is 24.3 Å². The van der Waals surface area contributed by atoms with Gasteiger partial charge in [0.15, 0.2) is 29.1 Å². The van der Waals surface area contributed by atoms with Gasteiger partial charge in [0.25, 0.3) is 0 Å². The Morgan fingerprint density at radius 2 is 1.15 bits per heavy atom. The lowest BCUT2D eigenvalue weighted by Gasteiger charge is -2.16. The summed E-state index contributed by atoms with van der Waals surface area (Å²) in [4.78, 5) is 12.5. The molecule has 26 heavy (non-hydrogen) atoms. The highest BCUT2D eigenvalue weighted by Crippen LogP contribution is 2.34. The van der Waals surface area contributed by atoms with Crippen LogP contribution in [-0.2, 0) is 4.79 Å². The first-order valence-electron chi connectivity index (χ1n) is 7.42. The number of carbonyl (C=O) groups excluding carboxylic acids is 1. The van der Waals surface area contributed by atoms with Crippen molar-refractivity contribution in [3.8, 4) is 0 Å². The van der Waals surface area contributed by atoms with Crippen molar-refractivity contribution < 1.29 is 31.1 Å². The summed E-state index contributed by atoms with van der Waals surface area (Å²) in [6.45, 7) is 2.73. The molecule has 0 spiro atoms. The molecule has 1 nitrogen and oxygen atoms in total. The highest BCUT2D eigenvalue weighted by Gasteiger charge is 2.32. The van der Waals surface area contributed by atoms with Crippen molar-refractivity contribution in [3.63, 3.8) is 0 Å². The minimum Gasteiger partial charge on any atom is -0.289 e. The van der Waals surface area contributed by atoms with Crippen LogP contribution in [0.5, 0.6) is 0 Å². The SMILES string of the molecule is CC1=c2ccccc2=C(C)C(=C(F)c2c(F)c(F)c(F)c(F)c2F)C1=O. The van der Waals surface area contributed by atoms with Gasteiger partial charge in [-0.3, -0.25) is 4.79 Å². The van der Waals surface area contributed by atoms with Crippen LogP contribution in [0.2, 0.25) is 0 Å². The molecule has 2 aromatic carbocycles. The first kappa shape index (κ1) is 18.0. The topological polar surface area (TPSA) is 17.1 Å². The largest absolute Gasteiger partial charge is 0.289 e. The summed E-state index contributed by atoms with van der Waals surface area (Å²) < 4.78 is 82.7. The summed E-state index contributed by atoms with van der Waals surface area (Å²) in [5, 5.41) is 0.933. The van der Waals surface area contributed by atoms with Gasteiger partial charge < -0.3 is 0 Å². The molecule has 1 aliphatic carbocycles. The normalized spacial score (nSPS) is 16.1. The van der Waals surface area contributed by atoms with Gasteiger partial charge in [0.1, 0.15) is 5.83 Å². The molecule has 2 aromatic rings. The Bertz CT molecular complexity index is 1100. The Kier molecular flexibility index (Phi) is 4.26. The van der Waals surface area contributed by atoms with Gasteiger partial charge >= 0.3 is 0 Å². The van der Waals surface area contributed by atoms with Gasteiger partial charge in [0.2, 0.25) is 5.82 Å². The lowest BCUT2D eigenvalue weighted by Crippen LogP contribution is -2.35. The van der Waals surface area contributed by atoms with E-state index in [9.17, 15) is 31.1 Å². The summed E-state index contributed by atoms with van der Waals surface area (Å²) in [5.41, 5.74) is -2.35. The van der Waals surface area contributed by atoms with Crippen molar-refractivity contribution in [2.75, 3.05) is 0 Å². The molecule has 1 aliphatic rings. The molecule has 0 amide bonds. The van der Waals surface area contributed by atoms with Crippen LogP contribution in [0.3, 0.4) is 0 Å². The second-order valence-corrected chi connectivity index (χ2v) is 5.76. The van der Waals surface area contributed by atoms with Gasteiger partial charge in [-0.1, -0.05) is 24.3 Å². The molecule has 0 aromatic heterocycles. The molecular weight excluding hydrogens is 358 g/mol. The van der Waals surface area contributed by atoms with Gasteiger partial charge in [-0.25, -0.2) is 26.3 Å². The standard InChI is InChI=1S/C19H10F6O/c1-7-9-5-3-4-6-10(9)8(2)19(26)11(7)13(20)12-14(21)16(23)18(25)17(24)15(12)22/h3-6H,1-2H3. The van der Waals surface area contributed by atoms with E-state index in [4.69, 9.17) is 0 Å². The maximum Gasteiger partial charge on any atom is 0.200 e. The van der Waals surface area contributed by atoms with E-state index in [-0.39, 0.29) is 11.1 Å². The van der Waals surface area contributed by atoms with Crippen LogP contribution in [0.4, 0.5) is 26.3 Å². The summed E-state index contributed by atoms with van der Waals surface area (Å²) >= 11 is 0. The third-order valence-corrected chi connectivity index (χ3v) is 4.33. The monoisotopic (exact) mass is 368 g/mol. The lowest BCUT2D eigenvalue weighted by molar-refractivity contribution is -0.110. The first-order chi connectivity index (χ1) is 12.2. The summed E-state index contributed by atoms with van der Waals surface area (Å²) in [6.07, 6.45) is 0. The number of allylic oxidation sites excluding steroid dienone is 1. The van der Waals surface area contributed by atoms with Crippen LogP contribution >= 0.6 is 0 Å². The van der Waals surface area contributed by atoms with Crippen molar-refractivity contribution in [3.05, 3.63) is 74.9 Å². The van der Waals surface area contributed by atoms with Crippen LogP contribution in [0.15, 0.2) is 29.8 Å². The molecule has 0 heterocycles. The lowest BCUT2D eigenvalue weighted by atomic mass is 9.87. The van der Waals surface area contributed by atoms with Crippen LogP contribution in [-0.4, -0.2) is 5.78 Å². The Morgan fingerprint density at radius 3 is 1.65 bits per heavy atom. The highest BCUT2D eigenvalue weighted by atomic mass is 19.2. The van der Waals surface area contributed by atoms with Gasteiger partial charge in [-0.05, 0) is 29.9 Å².